The molecule has 1 aliphatic rings. The second kappa shape index (κ2) is 7.38. The molecule has 1 saturated heterocycles. The number of primary amides is 1. The maximum absolute atomic E-state index is 11.8. The Morgan fingerprint density at radius 2 is 2.20 bits per heavy atom. The zero-order chi connectivity index (χ0) is 15.3. The Kier molecular flexibility index (Phi) is 6.43. The van der Waals surface area contributed by atoms with Crippen LogP contribution < -0.4 is 11.1 Å². The SMILES string of the molecule is CCNC(C)(CC(C)N1CCCC1CN(C)C)C(N)=O. The van der Waals surface area contributed by atoms with Crippen LogP contribution in [0.2, 0.25) is 0 Å². The summed E-state index contributed by atoms with van der Waals surface area (Å²) in [6.07, 6.45) is 3.26. The van der Waals surface area contributed by atoms with Crippen LogP contribution >= 0.6 is 0 Å². The number of carbonyl (C=O) groups excluding carboxylic acids is 1. The van der Waals surface area contributed by atoms with E-state index in [4.69, 9.17) is 5.73 Å². The van der Waals surface area contributed by atoms with Gasteiger partial charge in [0.2, 0.25) is 5.91 Å². The van der Waals surface area contributed by atoms with Crippen molar-refractivity contribution in [3.05, 3.63) is 0 Å². The zero-order valence-electron chi connectivity index (χ0n) is 13.8. The maximum Gasteiger partial charge on any atom is 0.237 e. The van der Waals surface area contributed by atoms with Gasteiger partial charge in [-0.15, -0.1) is 0 Å². The number of likely N-dealkylation sites (tertiary alicyclic amines) is 1. The van der Waals surface area contributed by atoms with Gasteiger partial charge < -0.3 is 16.0 Å². The molecule has 1 aliphatic heterocycles. The molecule has 5 nitrogen and oxygen atoms in total. The molecule has 1 heterocycles. The first kappa shape index (κ1) is 17.4. The fourth-order valence-corrected chi connectivity index (χ4v) is 3.41. The van der Waals surface area contributed by atoms with Gasteiger partial charge in [0, 0.05) is 18.6 Å². The lowest BCUT2D eigenvalue weighted by Crippen LogP contribution is -2.57. The fourth-order valence-electron chi connectivity index (χ4n) is 3.41. The summed E-state index contributed by atoms with van der Waals surface area (Å²) in [7, 11) is 4.24. The van der Waals surface area contributed by atoms with Crippen LogP contribution in [0.4, 0.5) is 0 Å². The number of nitrogens with zero attached hydrogens (tertiary/aromatic N) is 2. The van der Waals surface area contributed by atoms with E-state index in [0.717, 1.165) is 26.1 Å². The zero-order valence-corrected chi connectivity index (χ0v) is 13.8. The van der Waals surface area contributed by atoms with Gasteiger partial charge in [-0.3, -0.25) is 9.69 Å². The van der Waals surface area contributed by atoms with Crippen molar-refractivity contribution in [1.82, 2.24) is 15.1 Å². The van der Waals surface area contributed by atoms with Crippen molar-refractivity contribution >= 4 is 5.91 Å². The number of likely N-dealkylation sites (N-methyl/N-ethyl adjacent to an activating group) is 2. The van der Waals surface area contributed by atoms with E-state index in [1.165, 1.54) is 12.8 Å². The van der Waals surface area contributed by atoms with Gasteiger partial charge in [0.1, 0.15) is 0 Å². The minimum Gasteiger partial charge on any atom is -0.368 e. The summed E-state index contributed by atoms with van der Waals surface area (Å²) in [6, 6.07) is 0.956. The highest BCUT2D eigenvalue weighted by atomic mass is 16.1. The highest BCUT2D eigenvalue weighted by Gasteiger charge is 2.36. The molecule has 0 aromatic heterocycles. The van der Waals surface area contributed by atoms with Crippen LogP contribution in [0, 0.1) is 0 Å². The normalized spacial score (nSPS) is 24.8. The second-order valence-electron chi connectivity index (χ2n) is 6.58. The molecule has 0 radical (unpaired) electrons. The van der Waals surface area contributed by atoms with Crippen molar-refractivity contribution in [3.8, 4) is 0 Å². The lowest BCUT2D eigenvalue weighted by atomic mass is 9.91. The average molecular weight is 284 g/mol. The third-order valence-corrected chi connectivity index (χ3v) is 4.38. The van der Waals surface area contributed by atoms with Gasteiger partial charge in [0.25, 0.3) is 0 Å². The third kappa shape index (κ3) is 4.43. The first-order valence-corrected chi connectivity index (χ1v) is 7.75. The second-order valence-corrected chi connectivity index (χ2v) is 6.58. The van der Waals surface area contributed by atoms with E-state index in [9.17, 15) is 4.79 Å². The van der Waals surface area contributed by atoms with Crippen molar-refractivity contribution in [3.63, 3.8) is 0 Å². The molecule has 0 spiro atoms. The molecule has 0 saturated carbocycles. The number of rotatable bonds is 8. The number of hydrogen-bond acceptors (Lipinski definition) is 4. The molecule has 0 bridgehead atoms. The highest BCUT2D eigenvalue weighted by molar-refractivity contribution is 5.84. The van der Waals surface area contributed by atoms with Gasteiger partial charge in [-0.25, -0.2) is 0 Å². The van der Waals surface area contributed by atoms with E-state index >= 15 is 0 Å². The van der Waals surface area contributed by atoms with Crippen LogP contribution in [-0.4, -0.2) is 67.1 Å². The van der Waals surface area contributed by atoms with Crippen LogP contribution in [0.3, 0.4) is 0 Å². The molecule has 1 fully saturated rings. The predicted molar refractivity (Wildman–Crippen MR) is 83.6 cm³/mol. The lowest BCUT2D eigenvalue weighted by Gasteiger charge is -2.37. The molecule has 0 aromatic rings. The first-order valence-electron chi connectivity index (χ1n) is 7.75. The van der Waals surface area contributed by atoms with E-state index in [1.807, 2.05) is 13.8 Å². The van der Waals surface area contributed by atoms with Crippen molar-refractivity contribution in [1.29, 1.82) is 0 Å². The maximum atomic E-state index is 11.8. The van der Waals surface area contributed by atoms with E-state index in [2.05, 4.69) is 36.1 Å². The standard InChI is InChI=1S/C15H32N4O/c1-6-17-15(3,14(16)20)10-12(2)19-9-7-8-13(19)11-18(4)5/h12-13,17H,6-11H2,1-5H3,(H2,16,20). The Labute approximate surface area is 123 Å². The average Bonchev–Trinajstić information content (AvgIpc) is 2.76. The Morgan fingerprint density at radius 3 is 2.70 bits per heavy atom. The molecule has 20 heavy (non-hydrogen) atoms. The summed E-state index contributed by atoms with van der Waals surface area (Å²) in [5.74, 6) is -0.255. The quantitative estimate of drug-likeness (QED) is 0.687. The first-order chi connectivity index (χ1) is 9.30. The Balaban J connectivity index is 2.68. The van der Waals surface area contributed by atoms with Crippen molar-refractivity contribution in [2.45, 2.75) is 57.7 Å². The summed E-state index contributed by atoms with van der Waals surface area (Å²) in [5.41, 5.74) is 4.98. The minimum absolute atomic E-state index is 0.255. The Bertz CT molecular complexity index is 321. The van der Waals surface area contributed by atoms with Crippen molar-refractivity contribution < 1.29 is 4.79 Å². The molecular formula is C15H32N4O. The molecule has 1 rings (SSSR count). The van der Waals surface area contributed by atoms with Gasteiger partial charge in [-0.1, -0.05) is 6.92 Å². The van der Waals surface area contributed by atoms with Gasteiger partial charge >= 0.3 is 0 Å². The number of nitrogens with one attached hydrogen (secondary N) is 1. The number of hydrogen-bond donors (Lipinski definition) is 2. The van der Waals surface area contributed by atoms with E-state index in [-0.39, 0.29) is 5.91 Å². The van der Waals surface area contributed by atoms with Gasteiger partial charge in [-0.05, 0) is 60.3 Å². The molecule has 3 unspecified atom stereocenters. The van der Waals surface area contributed by atoms with E-state index in [0.29, 0.717) is 12.1 Å². The van der Waals surface area contributed by atoms with Gasteiger partial charge in [0.05, 0.1) is 5.54 Å². The molecule has 3 N–H and O–H groups in total. The molecule has 1 amide bonds. The predicted octanol–water partition coefficient (Wildman–Crippen LogP) is 0.645. The molecule has 118 valence electrons. The van der Waals surface area contributed by atoms with E-state index < -0.39 is 5.54 Å². The van der Waals surface area contributed by atoms with E-state index in [1.54, 1.807) is 0 Å². The van der Waals surface area contributed by atoms with Crippen LogP contribution in [0.1, 0.15) is 40.0 Å². The molecular weight excluding hydrogens is 252 g/mol. The van der Waals surface area contributed by atoms with Crippen molar-refractivity contribution in [2.75, 3.05) is 33.7 Å². The van der Waals surface area contributed by atoms with Crippen molar-refractivity contribution in [2.24, 2.45) is 5.73 Å². The summed E-state index contributed by atoms with van der Waals surface area (Å²) in [5, 5.41) is 3.26. The molecule has 3 atom stereocenters. The highest BCUT2D eigenvalue weighted by Crippen LogP contribution is 2.25. The Hall–Kier alpha value is -0.650. The van der Waals surface area contributed by atoms with Crippen LogP contribution in [-0.2, 0) is 4.79 Å². The van der Waals surface area contributed by atoms with Gasteiger partial charge in [0.15, 0.2) is 0 Å². The monoisotopic (exact) mass is 284 g/mol. The van der Waals surface area contributed by atoms with Crippen LogP contribution in [0.5, 0.6) is 0 Å². The smallest absolute Gasteiger partial charge is 0.237 e. The summed E-state index contributed by atoms with van der Waals surface area (Å²) < 4.78 is 0. The molecule has 0 aliphatic carbocycles. The molecule has 0 aromatic carbocycles. The number of amides is 1. The van der Waals surface area contributed by atoms with Gasteiger partial charge in [-0.2, -0.15) is 0 Å². The summed E-state index contributed by atoms with van der Waals surface area (Å²) in [6.45, 7) is 9.11. The summed E-state index contributed by atoms with van der Waals surface area (Å²) >= 11 is 0. The van der Waals surface area contributed by atoms with Crippen LogP contribution in [0.15, 0.2) is 0 Å². The number of carbonyl (C=O) groups is 1. The topological polar surface area (TPSA) is 61.6 Å². The minimum atomic E-state index is -0.612. The van der Waals surface area contributed by atoms with Crippen LogP contribution in [0.25, 0.3) is 0 Å². The molecule has 5 heteroatoms. The fraction of sp³-hybridized carbons (Fsp3) is 0.933. The Morgan fingerprint density at radius 1 is 1.55 bits per heavy atom. The number of nitrogens with two attached hydrogens (primary N) is 1. The largest absolute Gasteiger partial charge is 0.368 e. The third-order valence-electron chi connectivity index (χ3n) is 4.38. The summed E-state index contributed by atoms with van der Waals surface area (Å²) in [4.78, 5) is 16.5. The lowest BCUT2D eigenvalue weighted by molar-refractivity contribution is -0.124.